The number of alkyl carbamates (subject to hydrolysis) is 1. The molecule has 1 aliphatic carbocycles. The first-order chi connectivity index (χ1) is 15.5. The minimum Gasteiger partial charge on any atom is -0.453 e. The van der Waals surface area contributed by atoms with Crippen molar-refractivity contribution in [2.45, 2.75) is 77.1 Å². The highest BCUT2D eigenvalue weighted by Gasteiger charge is 2.40. The minimum atomic E-state index is -0.418. The van der Waals surface area contributed by atoms with Crippen LogP contribution >= 0.6 is 0 Å². The minimum absolute atomic E-state index is 0.0771. The number of hydrogen-bond acceptors (Lipinski definition) is 5. The van der Waals surface area contributed by atoms with E-state index in [4.69, 9.17) is 9.72 Å². The van der Waals surface area contributed by atoms with E-state index in [-0.39, 0.29) is 24.1 Å². The molecule has 2 amide bonds. The van der Waals surface area contributed by atoms with Gasteiger partial charge in [0.15, 0.2) is 0 Å². The molecule has 1 saturated carbocycles. The third kappa shape index (κ3) is 4.75. The van der Waals surface area contributed by atoms with E-state index in [9.17, 15) is 9.59 Å². The van der Waals surface area contributed by atoms with Crippen molar-refractivity contribution in [3.63, 3.8) is 0 Å². The van der Waals surface area contributed by atoms with Crippen LogP contribution in [0, 0.1) is 6.92 Å². The number of ether oxygens (including phenoxy) is 2. The molecule has 0 bridgehead atoms. The predicted octanol–water partition coefficient (Wildman–Crippen LogP) is 3.71. The molecule has 2 fully saturated rings. The molecule has 4 rings (SSSR count). The average Bonchev–Trinajstić information content (AvgIpc) is 3.57. The Labute approximate surface area is 189 Å². The zero-order chi connectivity index (χ0) is 22.7. The van der Waals surface area contributed by atoms with Crippen LogP contribution < -0.4 is 5.32 Å². The first-order valence-electron chi connectivity index (χ1n) is 11.7. The molecular weight excluding hydrogens is 408 g/mol. The van der Waals surface area contributed by atoms with Crippen molar-refractivity contribution >= 4 is 23.0 Å². The Morgan fingerprint density at radius 2 is 2.16 bits per heavy atom. The van der Waals surface area contributed by atoms with Crippen LogP contribution in [-0.4, -0.2) is 58.9 Å². The standard InChI is InChI=1S/C24H34N4O4/c1-16-10-12-25-21-19(15-27(22(16)21)13-6-11-26-24(30)31-3)17(2)28(18-8-9-18)23(29)20-7-4-5-14-32-20/h10,12,15,17-18,20H,4-9,11,13-14H2,1-3H3,(H,26,30)/t17-,20-/m1/s1. The van der Waals surface area contributed by atoms with E-state index in [0.717, 1.165) is 67.2 Å². The zero-order valence-corrected chi connectivity index (χ0v) is 19.3. The van der Waals surface area contributed by atoms with Gasteiger partial charge in [0.25, 0.3) is 5.91 Å². The molecule has 2 atom stereocenters. The highest BCUT2D eigenvalue weighted by molar-refractivity contribution is 5.86. The van der Waals surface area contributed by atoms with E-state index in [2.05, 4.69) is 39.6 Å². The Morgan fingerprint density at radius 3 is 2.84 bits per heavy atom. The zero-order valence-electron chi connectivity index (χ0n) is 19.3. The lowest BCUT2D eigenvalue weighted by Gasteiger charge is -2.33. The largest absolute Gasteiger partial charge is 0.453 e. The van der Waals surface area contributed by atoms with E-state index in [1.165, 1.54) is 7.11 Å². The van der Waals surface area contributed by atoms with E-state index >= 15 is 0 Å². The number of nitrogens with one attached hydrogen (secondary N) is 1. The average molecular weight is 443 g/mol. The summed E-state index contributed by atoms with van der Waals surface area (Å²) < 4.78 is 12.7. The molecular formula is C24H34N4O4. The lowest BCUT2D eigenvalue weighted by atomic mass is 10.0. The van der Waals surface area contributed by atoms with Crippen molar-refractivity contribution in [2.24, 2.45) is 0 Å². The smallest absolute Gasteiger partial charge is 0.406 e. The Kier molecular flexibility index (Phi) is 6.98. The summed E-state index contributed by atoms with van der Waals surface area (Å²) in [6.07, 6.45) is 8.98. The quantitative estimate of drug-likeness (QED) is 0.630. The Morgan fingerprint density at radius 1 is 1.34 bits per heavy atom. The molecule has 174 valence electrons. The molecule has 1 N–H and O–H groups in total. The van der Waals surface area contributed by atoms with Gasteiger partial charge in [-0.25, -0.2) is 4.79 Å². The fourth-order valence-electron chi connectivity index (χ4n) is 4.70. The van der Waals surface area contributed by atoms with Gasteiger partial charge in [0.05, 0.1) is 24.2 Å². The van der Waals surface area contributed by atoms with Gasteiger partial charge in [-0.3, -0.25) is 9.78 Å². The van der Waals surface area contributed by atoms with Gasteiger partial charge in [-0.15, -0.1) is 0 Å². The summed E-state index contributed by atoms with van der Waals surface area (Å²) in [6, 6.07) is 2.22. The number of hydrogen-bond donors (Lipinski definition) is 1. The Balaban J connectivity index is 1.58. The molecule has 0 unspecified atom stereocenters. The first kappa shape index (κ1) is 22.6. The van der Waals surface area contributed by atoms with Crippen molar-refractivity contribution in [1.29, 1.82) is 0 Å². The molecule has 8 heteroatoms. The third-order valence-electron chi connectivity index (χ3n) is 6.53. The molecule has 0 radical (unpaired) electrons. The summed E-state index contributed by atoms with van der Waals surface area (Å²) in [5.41, 5.74) is 4.25. The summed E-state index contributed by atoms with van der Waals surface area (Å²) >= 11 is 0. The molecule has 32 heavy (non-hydrogen) atoms. The monoisotopic (exact) mass is 442 g/mol. The van der Waals surface area contributed by atoms with Gasteiger partial charge in [-0.05, 0) is 64.0 Å². The normalized spacial score (nSPS) is 19.5. The molecule has 2 aromatic rings. The fourth-order valence-corrected chi connectivity index (χ4v) is 4.70. The predicted molar refractivity (Wildman–Crippen MR) is 121 cm³/mol. The number of aryl methyl sites for hydroxylation is 2. The maximum atomic E-state index is 13.4. The number of pyridine rings is 1. The third-order valence-corrected chi connectivity index (χ3v) is 6.53. The molecule has 2 aromatic heterocycles. The van der Waals surface area contributed by atoms with Gasteiger partial charge in [0, 0.05) is 43.7 Å². The van der Waals surface area contributed by atoms with Gasteiger partial charge in [0.2, 0.25) is 0 Å². The molecule has 2 aliphatic rings. The van der Waals surface area contributed by atoms with Gasteiger partial charge >= 0.3 is 6.09 Å². The summed E-state index contributed by atoms with van der Waals surface area (Å²) in [5.74, 6) is 0.121. The van der Waals surface area contributed by atoms with Gasteiger partial charge in [-0.2, -0.15) is 0 Å². The van der Waals surface area contributed by atoms with Crippen LogP contribution in [0.4, 0.5) is 4.79 Å². The van der Waals surface area contributed by atoms with Crippen LogP contribution in [0.15, 0.2) is 18.5 Å². The summed E-state index contributed by atoms with van der Waals surface area (Å²) in [6.45, 7) is 6.14. The highest BCUT2D eigenvalue weighted by atomic mass is 16.5. The van der Waals surface area contributed by atoms with Gasteiger partial charge in [-0.1, -0.05) is 0 Å². The van der Waals surface area contributed by atoms with Crippen LogP contribution in [0.3, 0.4) is 0 Å². The van der Waals surface area contributed by atoms with Crippen molar-refractivity contribution in [3.05, 3.63) is 29.6 Å². The van der Waals surface area contributed by atoms with Crippen LogP contribution in [-0.2, 0) is 20.8 Å². The van der Waals surface area contributed by atoms with E-state index in [1.54, 1.807) is 0 Å². The molecule has 3 heterocycles. The van der Waals surface area contributed by atoms with Crippen LogP contribution in [0.1, 0.15) is 62.6 Å². The Hall–Kier alpha value is -2.61. The highest BCUT2D eigenvalue weighted by Crippen LogP contribution is 2.38. The van der Waals surface area contributed by atoms with Crippen LogP contribution in [0.25, 0.3) is 11.0 Å². The number of rotatable bonds is 8. The summed E-state index contributed by atoms with van der Waals surface area (Å²) in [4.78, 5) is 31.5. The van der Waals surface area contributed by atoms with E-state index in [0.29, 0.717) is 13.2 Å². The molecule has 0 spiro atoms. The number of fused-ring (bicyclic) bond motifs is 1. The van der Waals surface area contributed by atoms with Gasteiger partial charge < -0.3 is 24.3 Å². The van der Waals surface area contributed by atoms with Gasteiger partial charge in [0.1, 0.15) is 6.10 Å². The van der Waals surface area contributed by atoms with Crippen molar-refractivity contribution in [3.8, 4) is 0 Å². The van der Waals surface area contributed by atoms with Crippen molar-refractivity contribution < 1.29 is 19.1 Å². The maximum absolute atomic E-state index is 13.4. The number of methoxy groups -OCH3 is 1. The van der Waals surface area contributed by atoms with E-state index in [1.807, 2.05) is 12.3 Å². The number of nitrogens with zero attached hydrogens (tertiary/aromatic N) is 3. The molecule has 1 aliphatic heterocycles. The van der Waals surface area contributed by atoms with Crippen LogP contribution in [0.2, 0.25) is 0 Å². The van der Waals surface area contributed by atoms with E-state index < -0.39 is 6.09 Å². The number of carbonyl (C=O) groups excluding carboxylic acids is 2. The second-order valence-corrected chi connectivity index (χ2v) is 8.88. The number of amides is 2. The van der Waals surface area contributed by atoms with Crippen LogP contribution in [0.5, 0.6) is 0 Å². The summed E-state index contributed by atoms with van der Waals surface area (Å²) in [5, 5.41) is 2.73. The summed E-state index contributed by atoms with van der Waals surface area (Å²) in [7, 11) is 1.36. The first-order valence-corrected chi connectivity index (χ1v) is 11.7. The number of carbonyl (C=O) groups is 2. The SMILES string of the molecule is COC(=O)NCCCn1cc([C@@H](C)N(C(=O)[C@H]2CCCCO2)C2CC2)c2nccc(C)c21. The second-order valence-electron chi connectivity index (χ2n) is 8.88. The molecule has 8 nitrogen and oxygen atoms in total. The Bertz CT molecular complexity index is 962. The second kappa shape index (κ2) is 9.90. The van der Waals surface area contributed by atoms with Crippen molar-refractivity contribution in [1.82, 2.24) is 19.8 Å². The molecule has 1 saturated heterocycles. The lowest BCUT2D eigenvalue weighted by molar-refractivity contribution is -0.149. The number of aromatic nitrogens is 2. The molecule has 0 aromatic carbocycles. The topological polar surface area (TPSA) is 85.7 Å². The lowest BCUT2D eigenvalue weighted by Crippen LogP contribution is -2.44. The van der Waals surface area contributed by atoms with Crippen molar-refractivity contribution in [2.75, 3.05) is 20.3 Å². The fraction of sp³-hybridized carbons (Fsp3) is 0.625. The maximum Gasteiger partial charge on any atom is 0.406 e.